The van der Waals surface area contributed by atoms with E-state index in [9.17, 15) is 18.5 Å². The lowest BCUT2D eigenvalue weighted by molar-refractivity contribution is -0.117. The van der Waals surface area contributed by atoms with E-state index in [0.717, 1.165) is 4.31 Å². The van der Waals surface area contributed by atoms with Crippen molar-refractivity contribution >= 4 is 33.5 Å². The van der Waals surface area contributed by atoms with Crippen LogP contribution in [0, 0.1) is 17.1 Å². The van der Waals surface area contributed by atoms with Gasteiger partial charge >= 0.3 is 0 Å². The van der Waals surface area contributed by atoms with Crippen molar-refractivity contribution in [2.24, 2.45) is 0 Å². The van der Waals surface area contributed by atoms with Crippen LogP contribution in [-0.2, 0) is 16.0 Å². The SMILES string of the molecule is N#CCCCOc1ccc2cc(O)c(N3CC(=O)NS3=O)c(F)c2c1. The van der Waals surface area contributed by atoms with Gasteiger partial charge in [0.25, 0.3) is 5.91 Å². The summed E-state index contributed by atoms with van der Waals surface area (Å²) in [5.41, 5.74) is -0.300. The third kappa shape index (κ3) is 3.34. The molecule has 1 aliphatic rings. The zero-order chi connectivity index (χ0) is 18.0. The van der Waals surface area contributed by atoms with Gasteiger partial charge < -0.3 is 9.84 Å². The second-order valence-electron chi connectivity index (χ2n) is 5.36. The third-order valence-electron chi connectivity index (χ3n) is 3.64. The Bertz CT molecular complexity index is 912. The number of anilines is 1. The fourth-order valence-electron chi connectivity index (χ4n) is 2.51. The van der Waals surface area contributed by atoms with Crippen LogP contribution in [0.1, 0.15) is 12.8 Å². The molecule has 1 amide bonds. The highest BCUT2D eigenvalue weighted by Crippen LogP contribution is 2.38. The topological polar surface area (TPSA) is 103 Å². The van der Waals surface area contributed by atoms with Gasteiger partial charge in [0.15, 0.2) is 5.82 Å². The summed E-state index contributed by atoms with van der Waals surface area (Å²) in [4.78, 5) is 11.4. The Morgan fingerprint density at radius 1 is 1.44 bits per heavy atom. The van der Waals surface area contributed by atoms with Gasteiger partial charge in [-0.2, -0.15) is 5.26 Å². The average molecular weight is 363 g/mol. The van der Waals surface area contributed by atoms with Crippen molar-refractivity contribution in [3.63, 3.8) is 0 Å². The van der Waals surface area contributed by atoms with Crippen LogP contribution >= 0.6 is 0 Å². The van der Waals surface area contributed by atoms with Crippen LogP contribution in [0.15, 0.2) is 24.3 Å². The van der Waals surface area contributed by atoms with E-state index in [1.54, 1.807) is 12.1 Å². The lowest BCUT2D eigenvalue weighted by Gasteiger charge is -2.17. The van der Waals surface area contributed by atoms with Crippen molar-refractivity contribution in [3.8, 4) is 17.6 Å². The Kier molecular flexibility index (Phi) is 4.72. The molecule has 1 fully saturated rings. The van der Waals surface area contributed by atoms with Gasteiger partial charge in [0.1, 0.15) is 23.7 Å². The van der Waals surface area contributed by atoms with Gasteiger partial charge in [-0.05, 0) is 30.0 Å². The Hall–Kier alpha value is -2.86. The van der Waals surface area contributed by atoms with Gasteiger partial charge in [-0.3, -0.25) is 13.8 Å². The van der Waals surface area contributed by atoms with E-state index in [2.05, 4.69) is 4.72 Å². The largest absolute Gasteiger partial charge is 0.506 e. The summed E-state index contributed by atoms with van der Waals surface area (Å²) < 4.78 is 35.4. The van der Waals surface area contributed by atoms with Gasteiger partial charge in [-0.25, -0.2) is 8.60 Å². The van der Waals surface area contributed by atoms with Crippen LogP contribution in [0.2, 0.25) is 0 Å². The molecule has 0 aromatic heterocycles. The zero-order valence-electron chi connectivity index (χ0n) is 13.0. The maximum absolute atomic E-state index is 14.9. The molecule has 2 aromatic rings. The standard InChI is InChI=1S/C16H14FN3O4S/c17-15-12-8-11(24-6-2-1-5-18)4-3-10(12)7-13(21)16(15)20-9-14(22)19-25(20)23/h3-4,7-8,21H,1-2,6,9H2,(H,19,22). The number of fused-ring (bicyclic) bond motifs is 1. The second kappa shape index (κ2) is 6.94. The number of aromatic hydroxyl groups is 1. The number of ether oxygens (including phenoxy) is 1. The molecule has 7 nitrogen and oxygen atoms in total. The summed E-state index contributed by atoms with van der Waals surface area (Å²) in [5.74, 6) is -1.30. The fraction of sp³-hybridized carbons (Fsp3) is 0.250. The highest BCUT2D eigenvalue weighted by atomic mass is 32.2. The van der Waals surface area contributed by atoms with E-state index >= 15 is 0 Å². The van der Waals surface area contributed by atoms with E-state index in [1.807, 2.05) is 6.07 Å². The molecule has 1 atom stereocenters. The predicted octanol–water partition coefficient (Wildman–Crippen LogP) is 1.88. The van der Waals surface area contributed by atoms with Gasteiger partial charge in [-0.1, -0.05) is 6.07 Å². The molecule has 130 valence electrons. The molecule has 0 saturated carbocycles. The van der Waals surface area contributed by atoms with Gasteiger partial charge in [-0.15, -0.1) is 0 Å². The first kappa shape index (κ1) is 17.0. The number of carbonyl (C=O) groups is 1. The molecule has 25 heavy (non-hydrogen) atoms. The van der Waals surface area contributed by atoms with Crippen molar-refractivity contribution in [3.05, 3.63) is 30.1 Å². The molecule has 2 aromatic carbocycles. The fourth-order valence-corrected chi connectivity index (χ4v) is 3.45. The molecule has 0 radical (unpaired) electrons. The molecule has 0 aliphatic carbocycles. The third-order valence-corrected chi connectivity index (χ3v) is 4.76. The zero-order valence-corrected chi connectivity index (χ0v) is 13.8. The molecule has 0 spiro atoms. The molecular formula is C16H14FN3O4S. The molecule has 1 unspecified atom stereocenters. The summed E-state index contributed by atoms with van der Waals surface area (Å²) in [5, 5.41) is 19.2. The van der Waals surface area contributed by atoms with Crippen molar-refractivity contribution in [1.29, 1.82) is 5.26 Å². The number of unbranched alkanes of at least 4 members (excludes halogenated alkanes) is 1. The number of nitrogens with one attached hydrogen (secondary N) is 1. The monoisotopic (exact) mass is 363 g/mol. The first-order valence-corrected chi connectivity index (χ1v) is 8.56. The van der Waals surface area contributed by atoms with Gasteiger partial charge in [0, 0.05) is 11.8 Å². The Morgan fingerprint density at radius 2 is 2.24 bits per heavy atom. The molecule has 1 heterocycles. The number of amides is 1. The van der Waals surface area contributed by atoms with Crippen LogP contribution in [-0.4, -0.2) is 28.4 Å². The molecule has 2 N–H and O–H groups in total. The van der Waals surface area contributed by atoms with E-state index in [-0.39, 0.29) is 17.6 Å². The molecular weight excluding hydrogens is 349 g/mol. The number of phenols is 1. The van der Waals surface area contributed by atoms with E-state index in [0.29, 0.717) is 30.6 Å². The van der Waals surface area contributed by atoms with Gasteiger partial charge in [0.2, 0.25) is 11.2 Å². The minimum Gasteiger partial charge on any atom is -0.506 e. The van der Waals surface area contributed by atoms with Crippen LogP contribution in [0.5, 0.6) is 11.5 Å². The smallest absolute Gasteiger partial charge is 0.253 e. The quantitative estimate of drug-likeness (QED) is 0.790. The molecule has 3 rings (SSSR count). The first-order valence-electron chi connectivity index (χ1n) is 7.45. The van der Waals surface area contributed by atoms with E-state index < -0.39 is 28.6 Å². The van der Waals surface area contributed by atoms with Crippen LogP contribution in [0.4, 0.5) is 10.1 Å². The predicted molar refractivity (Wildman–Crippen MR) is 89.5 cm³/mol. The van der Waals surface area contributed by atoms with Crippen molar-refractivity contribution in [1.82, 2.24) is 4.72 Å². The van der Waals surface area contributed by atoms with Crippen molar-refractivity contribution < 1.29 is 23.2 Å². The number of halogens is 1. The maximum Gasteiger partial charge on any atom is 0.253 e. The number of carbonyl (C=O) groups excluding carboxylic acids is 1. The summed E-state index contributed by atoms with van der Waals surface area (Å²) in [6.07, 6.45) is 0.917. The van der Waals surface area contributed by atoms with Crippen LogP contribution in [0.25, 0.3) is 10.8 Å². The lowest BCUT2D eigenvalue weighted by atomic mass is 10.1. The Balaban J connectivity index is 1.97. The number of benzene rings is 2. The van der Waals surface area contributed by atoms with Crippen molar-refractivity contribution in [2.45, 2.75) is 12.8 Å². The molecule has 9 heteroatoms. The average Bonchev–Trinajstić information content (AvgIpc) is 2.90. The Morgan fingerprint density at radius 3 is 2.92 bits per heavy atom. The number of hydrogen-bond acceptors (Lipinski definition) is 5. The number of nitrogens with zero attached hydrogens (tertiary/aromatic N) is 2. The second-order valence-corrected chi connectivity index (χ2v) is 6.51. The van der Waals surface area contributed by atoms with Crippen molar-refractivity contribution in [2.75, 3.05) is 17.5 Å². The van der Waals surface area contributed by atoms with Gasteiger partial charge in [0.05, 0.1) is 12.7 Å². The number of rotatable bonds is 5. The highest BCUT2D eigenvalue weighted by molar-refractivity contribution is 7.85. The van der Waals surface area contributed by atoms with E-state index in [1.165, 1.54) is 12.1 Å². The van der Waals surface area contributed by atoms with Crippen LogP contribution in [0.3, 0.4) is 0 Å². The number of nitriles is 1. The minimum absolute atomic E-state index is 0.168. The summed E-state index contributed by atoms with van der Waals surface area (Å²) in [7, 11) is 0. The highest BCUT2D eigenvalue weighted by Gasteiger charge is 2.32. The lowest BCUT2D eigenvalue weighted by Crippen LogP contribution is -2.23. The molecule has 1 saturated heterocycles. The molecule has 0 bridgehead atoms. The first-order chi connectivity index (χ1) is 12.0. The number of hydrogen-bond donors (Lipinski definition) is 2. The van der Waals surface area contributed by atoms with Crippen LogP contribution < -0.4 is 13.8 Å². The normalized spacial score (nSPS) is 16.7. The van der Waals surface area contributed by atoms with E-state index in [4.69, 9.17) is 10.00 Å². The number of phenolic OH excluding ortho intramolecular Hbond substituents is 1. The molecule has 1 aliphatic heterocycles. The Labute approximate surface area is 145 Å². The summed E-state index contributed by atoms with van der Waals surface area (Å²) in [6.45, 7) is 0.00708. The maximum atomic E-state index is 14.9. The summed E-state index contributed by atoms with van der Waals surface area (Å²) >= 11 is -1.95. The minimum atomic E-state index is -1.95. The summed E-state index contributed by atoms with van der Waals surface area (Å²) in [6, 6.07) is 8.04.